The number of amides is 3. The molecule has 0 rings (SSSR count). The predicted molar refractivity (Wildman–Crippen MR) is 82.0 cm³/mol. The Morgan fingerprint density at radius 1 is 1.09 bits per heavy atom. The molecule has 0 saturated heterocycles. The highest BCUT2D eigenvalue weighted by molar-refractivity contribution is 7.80. The van der Waals surface area contributed by atoms with Crippen LogP contribution in [0.3, 0.4) is 0 Å². The molecule has 0 aromatic heterocycles. The van der Waals surface area contributed by atoms with E-state index < -0.39 is 48.2 Å². The summed E-state index contributed by atoms with van der Waals surface area (Å²) >= 11 is 3.94. The second-order valence-electron chi connectivity index (χ2n) is 5.08. The Labute approximate surface area is 133 Å². The van der Waals surface area contributed by atoms with E-state index in [2.05, 4.69) is 23.3 Å². The zero-order valence-electron chi connectivity index (χ0n) is 12.4. The van der Waals surface area contributed by atoms with E-state index in [4.69, 9.17) is 16.6 Å². The molecule has 0 fully saturated rings. The second-order valence-corrected chi connectivity index (χ2v) is 5.45. The zero-order valence-corrected chi connectivity index (χ0v) is 13.3. The standard InChI is InChI=1S/C12H22N4O5S/c1-5(2)9(14)11(19)16-7(4-22)10(18)15-6(12(20)21)3-8(13)17/h5-7,9,22H,3-4,14H2,1-2H3,(H2,13,17)(H,15,18)(H,16,19)(H,20,21)/t6-,7-,9-/m0/s1. The highest BCUT2D eigenvalue weighted by Crippen LogP contribution is 2.00. The Hall–Kier alpha value is -1.81. The minimum Gasteiger partial charge on any atom is -0.480 e. The van der Waals surface area contributed by atoms with Gasteiger partial charge >= 0.3 is 5.97 Å². The van der Waals surface area contributed by atoms with Crippen LogP contribution in [0.25, 0.3) is 0 Å². The molecule has 22 heavy (non-hydrogen) atoms. The molecule has 10 heteroatoms. The van der Waals surface area contributed by atoms with Gasteiger partial charge in [0.15, 0.2) is 0 Å². The number of hydrogen-bond acceptors (Lipinski definition) is 6. The number of hydrogen-bond donors (Lipinski definition) is 6. The van der Waals surface area contributed by atoms with E-state index in [9.17, 15) is 19.2 Å². The fraction of sp³-hybridized carbons (Fsp3) is 0.667. The molecule has 0 aliphatic rings. The number of aliphatic carboxylic acids is 1. The maximum Gasteiger partial charge on any atom is 0.326 e. The number of nitrogens with two attached hydrogens (primary N) is 2. The van der Waals surface area contributed by atoms with E-state index in [0.29, 0.717) is 0 Å². The van der Waals surface area contributed by atoms with Gasteiger partial charge in [0.1, 0.15) is 12.1 Å². The molecule has 0 saturated carbocycles. The van der Waals surface area contributed by atoms with Crippen LogP contribution in [0.15, 0.2) is 0 Å². The molecule has 0 spiro atoms. The Morgan fingerprint density at radius 3 is 1.95 bits per heavy atom. The summed E-state index contributed by atoms with van der Waals surface area (Å²) in [5, 5.41) is 13.4. The lowest BCUT2D eigenvalue weighted by Crippen LogP contribution is -2.56. The van der Waals surface area contributed by atoms with Crippen molar-refractivity contribution in [3.63, 3.8) is 0 Å². The smallest absolute Gasteiger partial charge is 0.326 e. The van der Waals surface area contributed by atoms with Crippen molar-refractivity contribution >= 4 is 36.3 Å². The normalized spacial score (nSPS) is 14.8. The third-order valence-corrected chi connectivity index (χ3v) is 3.22. The van der Waals surface area contributed by atoms with Crippen LogP contribution in [0.1, 0.15) is 20.3 Å². The van der Waals surface area contributed by atoms with Gasteiger partial charge in [-0.2, -0.15) is 12.6 Å². The van der Waals surface area contributed by atoms with Crippen LogP contribution in [0.2, 0.25) is 0 Å². The summed E-state index contributed by atoms with van der Waals surface area (Å²) in [7, 11) is 0. The molecule has 0 aliphatic heterocycles. The molecule has 3 atom stereocenters. The maximum atomic E-state index is 12.0. The highest BCUT2D eigenvalue weighted by atomic mass is 32.1. The number of rotatable bonds is 9. The van der Waals surface area contributed by atoms with Gasteiger partial charge in [-0.1, -0.05) is 13.8 Å². The number of carbonyl (C=O) groups excluding carboxylic acids is 3. The molecule has 0 aromatic rings. The van der Waals surface area contributed by atoms with Gasteiger partial charge in [-0.15, -0.1) is 0 Å². The molecule has 0 aromatic carbocycles. The monoisotopic (exact) mass is 334 g/mol. The van der Waals surface area contributed by atoms with Crippen LogP contribution in [0, 0.1) is 5.92 Å². The molecule has 0 aliphatic carbocycles. The third kappa shape index (κ3) is 6.76. The first-order valence-electron chi connectivity index (χ1n) is 6.58. The van der Waals surface area contributed by atoms with Gasteiger partial charge in [0.05, 0.1) is 12.5 Å². The minimum absolute atomic E-state index is 0.0642. The molecule has 9 nitrogen and oxygen atoms in total. The number of primary amides is 1. The fourth-order valence-electron chi connectivity index (χ4n) is 1.44. The van der Waals surface area contributed by atoms with Crippen LogP contribution in [0.4, 0.5) is 0 Å². The van der Waals surface area contributed by atoms with E-state index >= 15 is 0 Å². The van der Waals surface area contributed by atoms with Crippen molar-refractivity contribution in [1.29, 1.82) is 0 Å². The summed E-state index contributed by atoms with van der Waals surface area (Å²) in [5.74, 6) is -3.81. The van der Waals surface area contributed by atoms with Crippen molar-refractivity contribution in [3.05, 3.63) is 0 Å². The molecule has 7 N–H and O–H groups in total. The Kier molecular flexibility index (Phi) is 8.50. The van der Waals surface area contributed by atoms with Crippen molar-refractivity contribution in [3.8, 4) is 0 Å². The van der Waals surface area contributed by atoms with Gasteiger partial charge < -0.3 is 27.2 Å². The van der Waals surface area contributed by atoms with E-state index in [-0.39, 0.29) is 11.7 Å². The topological polar surface area (TPSA) is 165 Å². The Bertz CT molecular complexity index is 443. The zero-order chi connectivity index (χ0) is 17.4. The lowest BCUT2D eigenvalue weighted by Gasteiger charge is -2.22. The SMILES string of the molecule is CC(C)[C@H](N)C(=O)N[C@@H](CS)C(=O)N[C@@H](CC(N)=O)C(=O)O. The number of thiol groups is 1. The van der Waals surface area contributed by atoms with Crippen LogP contribution < -0.4 is 22.1 Å². The van der Waals surface area contributed by atoms with E-state index in [1.165, 1.54) is 0 Å². The van der Waals surface area contributed by atoms with Gasteiger partial charge in [0, 0.05) is 5.75 Å². The van der Waals surface area contributed by atoms with Gasteiger partial charge in [-0.3, -0.25) is 14.4 Å². The first-order chi connectivity index (χ1) is 10.1. The highest BCUT2D eigenvalue weighted by Gasteiger charge is 2.28. The summed E-state index contributed by atoms with van der Waals surface area (Å²) in [5.41, 5.74) is 10.6. The van der Waals surface area contributed by atoms with Gasteiger partial charge in [-0.05, 0) is 5.92 Å². The quantitative estimate of drug-likeness (QED) is 0.263. The van der Waals surface area contributed by atoms with Gasteiger partial charge in [0.25, 0.3) is 0 Å². The van der Waals surface area contributed by atoms with Gasteiger partial charge in [-0.25, -0.2) is 4.79 Å². The minimum atomic E-state index is -1.47. The number of nitrogens with one attached hydrogen (secondary N) is 2. The molecular formula is C12H22N4O5S. The van der Waals surface area contributed by atoms with Crippen molar-refractivity contribution < 1.29 is 24.3 Å². The van der Waals surface area contributed by atoms with E-state index in [1.54, 1.807) is 13.8 Å². The molecule has 0 unspecified atom stereocenters. The van der Waals surface area contributed by atoms with E-state index in [0.717, 1.165) is 0 Å². The number of carboxylic acids is 1. The fourth-order valence-corrected chi connectivity index (χ4v) is 1.70. The maximum absolute atomic E-state index is 12.0. The molecular weight excluding hydrogens is 312 g/mol. The Morgan fingerprint density at radius 2 is 1.59 bits per heavy atom. The summed E-state index contributed by atoms with van der Waals surface area (Å²) in [6, 6.07) is -3.35. The van der Waals surface area contributed by atoms with Crippen LogP contribution in [0.5, 0.6) is 0 Å². The average Bonchev–Trinajstić information content (AvgIpc) is 2.41. The molecule has 126 valence electrons. The van der Waals surface area contributed by atoms with Crippen LogP contribution in [-0.4, -0.2) is 52.7 Å². The number of carbonyl (C=O) groups is 4. The summed E-state index contributed by atoms with van der Waals surface area (Å²) in [6.45, 7) is 3.49. The van der Waals surface area contributed by atoms with Crippen LogP contribution >= 0.6 is 12.6 Å². The summed E-state index contributed by atoms with van der Waals surface area (Å²) < 4.78 is 0. The summed E-state index contributed by atoms with van der Waals surface area (Å²) in [4.78, 5) is 45.5. The third-order valence-electron chi connectivity index (χ3n) is 2.86. The molecule has 0 radical (unpaired) electrons. The molecule has 0 bridgehead atoms. The number of carboxylic acid groups (broad SMARTS) is 1. The van der Waals surface area contributed by atoms with E-state index in [1.807, 2.05) is 0 Å². The average molecular weight is 334 g/mol. The first-order valence-corrected chi connectivity index (χ1v) is 7.21. The first kappa shape index (κ1) is 20.2. The molecule has 3 amide bonds. The van der Waals surface area contributed by atoms with Crippen molar-refractivity contribution in [2.45, 2.75) is 38.4 Å². The lowest BCUT2D eigenvalue weighted by molar-refractivity contribution is -0.143. The largest absolute Gasteiger partial charge is 0.480 e. The van der Waals surface area contributed by atoms with Crippen molar-refractivity contribution in [2.75, 3.05) is 5.75 Å². The predicted octanol–water partition coefficient (Wildman–Crippen LogP) is -2.17. The lowest BCUT2D eigenvalue weighted by atomic mass is 10.0. The van der Waals surface area contributed by atoms with Crippen molar-refractivity contribution in [1.82, 2.24) is 10.6 Å². The van der Waals surface area contributed by atoms with Crippen molar-refractivity contribution in [2.24, 2.45) is 17.4 Å². The molecule has 0 heterocycles. The Balaban J connectivity index is 4.80. The second kappa shape index (κ2) is 9.26. The summed E-state index contributed by atoms with van der Waals surface area (Å²) in [6.07, 6.45) is -0.556. The van der Waals surface area contributed by atoms with Gasteiger partial charge in [0.2, 0.25) is 17.7 Å². The van der Waals surface area contributed by atoms with Crippen LogP contribution in [-0.2, 0) is 19.2 Å².